The van der Waals surface area contributed by atoms with Gasteiger partial charge in [0.15, 0.2) is 0 Å². The third kappa shape index (κ3) is 3.00. The SMILES string of the molecule is O=C(OC(F)(C(F)S(=O)(=O)[O-])C(F)(F)F)C12c3ccccc3C(c3ccccc31)c1ccccc12. The Kier molecular flexibility index (Phi) is 4.92. The Morgan fingerprint density at radius 1 is 0.829 bits per heavy atom. The van der Waals surface area contributed by atoms with Gasteiger partial charge >= 0.3 is 18.0 Å². The first-order valence-electron chi connectivity index (χ1n) is 10.2. The maximum absolute atomic E-state index is 15.1. The largest absolute Gasteiger partial charge is 0.745 e. The van der Waals surface area contributed by atoms with Crippen molar-refractivity contribution >= 4 is 16.1 Å². The number of carbonyl (C=O) groups excluding carboxylic acids is 1. The quantitative estimate of drug-likeness (QED) is 0.295. The van der Waals surface area contributed by atoms with Crippen molar-refractivity contribution in [2.45, 2.75) is 28.9 Å². The minimum atomic E-state index is -6.51. The number of hydrogen-bond acceptors (Lipinski definition) is 5. The molecular formula is C24H14F5O5S-. The van der Waals surface area contributed by atoms with Gasteiger partial charge in [-0.05, 0) is 33.4 Å². The molecule has 35 heavy (non-hydrogen) atoms. The van der Waals surface area contributed by atoms with E-state index in [1.807, 2.05) is 0 Å². The number of esters is 1. The molecule has 0 amide bonds. The molecule has 2 unspecified atom stereocenters. The van der Waals surface area contributed by atoms with Crippen molar-refractivity contribution < 1.29 is 44.5 Å². The number of benzene rings is 3. The summed E-state index contributed by atoms with van der Waals surface area (Å²) in [5.74, 6) is -8.05. The summed E-state index contributed by atoms with van der Waals surface area (Å²) in [7, 11) is -6.51. The van der Waals surface area contributed by atoms with Crippen LogP contribution in [0.1, 0.15) is 39.3 Å². The lowest BCUT2D eigenvalue weighted by Crippen LogP contribution is -2.58. The summed E-state index contributed by atoms with van der Waals surface area (Å²) in [6, 6.07) is 18.9. The fraction of sp³-hybridized carbons (Fsp3) is 0.208. The van der Waals surface area contributed by atoms with Crippen molar-refractivity contribution in [2.24, 2.45) is 0 Å². The molecule has 3 aromatic carbocycles. The van der Waals surface area contributed by atoms with E-state index in [1.165, 1.54) is 36.4 Å². The van der Waals surface area contributed by atoms with Crippen LogP contribution in [0.15, 0.2) is 72.8 Å². The van der Waals surface area contributed by atoms with E-state index in [2.05, 4.69) is 4.74 Å². The fourth-order valence-corrected chi connectivity index (χ4v) is 5.72. The molecular weight excluding hydrogens is 495 g/mol. The van der Waals surface area contributed by atoms with E-state index in [9.17, 15) is 35.3 Å². The average Bonchev–Trinajstić information content (AvgIpc) is 2.81. The Labute approximate surface area is 195 Å². The molecule has 3 aliphatic carbocycles. The van der Waals surface area contributed by atoms with Gasteiger partial charge in [0.2, 0.25) is 0 Å². The third-order valence-corrected chi connectivity index (χ3v) is 7.32. The van der Waals surface area contributed by atoms with Gasteiger partial charge in [0, 0.05) is 5.92 Å². The second-order valence-electron chi connectivity index (χ2n) is 8.29. The predicted octanol–water partition coefficient (Wildman–Crippen LogP) is 4.44. The lowest BCUT2D eigenvalue weighted by Gasteiger charge is -2.49. The summed E-state index contributed by atoms with van der Waals surface area (Å²) >= 11 is 0. The van der Waals surface area contributed by atoms with E-state index in [1.54, 1.807) is 36.4 Å². The van der Waals surface area contributed by atoms with Gasteiger partial charge in [-0.2, -0.15) is 17.6 Å². The molecule has 0 N–H and O–H groups in total. The van der Waals surface area contributed by atoms with Gasteiger partial charge in [-0.3, -0.25) is 4.79 Å². The van der Waals surface area contributed by atoms with Crippen LogP contribution in [0.2, 0.25) is 0 Å². The van der Waals surface area contributed by atoms with Crippen LogP contribution in [-0.2, 0) is 25.1 Å². The van der Waals surface area contributed by atoms with Crippen LogP contribution >= 0.6 is 0 Å². The fourth-order valence-electron chi connectivity index (χ4n) is 5.17. The minimum Gasteiger partial charge on any atom is -0.745 e. The normalized spacial score (nSPS) is 22.9. The number of ether oxygens (including phenoxy) is 1. The zero-order valence-electron chi connectivity index (χ0n) is 17.4. The molecule has 5 nitrogen and oxygen atoms in total. The van der Waals surface area contributed by atoms with Crippen molar-refractivity contribution in [3.8, 4) is 0 Å². The molecule has 11 heteroatoms. The van der Waals surface area contributed by atoms with E-state index < -0.39 is 45.0 Å². The average molecular weight is 509 g/mol. The highest BCUT2D eigenvalue weighted by Gasteiger charge is 2.70. The third-order valence-electron chi connectivity index (χ3n) is 6.51. The van der Waals surface area contributed by atoms with E-state index in [-0.39, 0.29) is 16.7 Å². The number of hydrogen-bond donors (Lipinski definition) is 0. The number of rotatable bonds is 4. The Balaban J connectivity index is 1.81. The molecule has 3 aromatic rings. The first kappa shape index (κ1) is 23.4. The first-order chi connectivity index (χ1) is 16.3. The Morgan fingerprint density at radius 2 is 1.20 bits per heavy atom. The zero-order chi connectivity index (χ0) is 25.4. The maximum atomic E-state index is 15.1. The van der Waals surface area contributed by atoms with Crippen LogP contribution in [0.4, 0.5) is 22.0 Å². The summed E-state index contributed by atoms with van der Waals surface area (Å²) in [5, 5.41) is 0. The molecule has 0 fully saturated rings. The van der Waals surface area contributed by atoms with Gasteiger partial charge < -0.3 is 9.29 Å². The summed E-state index contributed by atoms with van der Waals surface area (Å²) < 4.78 is 108. The van der Waals surface area contributed by atoms with E-state index in [0.29, 0.717) is 16.7 Å². The molecule has 0 saturated carbocycles. The van der Waals surface area contributed by atoms with Gasteiger partial charge in [-0.1, -0.05) is 72.8 Å². The van der Waals surface area contributed by atoms with Crippen molar-refractivity contribution in [3.63, 3.8) is 0 Å². The summed E-state index contributed by atoms with van der Waals surface area (Å²) in [6.45, 7) is 0. The van der Waals surface area contributed by atoms with Crippen LogP contribution in [0.5, 0.6) is 0 Å². The summed E-state index contributed by atoms with van der Waals surface area (Å²) in [6.07, 6.45) is -6.37. The molecule has 3 aliphatic rings. The van der Waals surface area contributed by atoms with Gasteiger partial charge in [0.25, 0.3) is 5.50 Å². The lowest BCUT2D eigenvalue weighted by molar-refractivity contribution is -0.331. The molecule has 0 saturated heterocycles. The summed E-state index contributed by atoms with van der Waals surface area (Å²) in [4.78, 5) is 13.7. The monoisotopic (exact) mass is 509 g/mol. The minimum absolute atomic E-state index is 0.178. The van der Waals surface area contributed by atoms with Crippen LogP contribution in [0.3, 0.4) is 0 Å². The molecule has 2 bridgehead atoms. The van der Waals surface area contributed by atoms with Crippen molar-refractivity contribution in [2.75, 3.05) is 0 Å². The molecule has 2 atom stereocenters. The predicted molar refractivity (Wildman–Crippen MR) is 111 cm³/mol. The van der Waals surface area contributed by atoms with Crippen LogP contribution < -0.4 is 0 Å². The van der Waals surface area contributed by atoms with E-state index in [4.69, 9.17) is 0 Å². The maximum Gasteiger partial charge on any atom is 0.464 e. The van der Waals surface area contributed by atoms with Crippen molar-refractivity contribution in [1.82, 2.24) is 0 Å². The van der Waals surface area contributed by atoms with Crippen molar-refractivity contribution in [1.29, 1.82) is 0 Å². The molecule has 0 aromatic heterocycles. The second kappa shape index (κ2) is 7.34. The van der Waals surface area contributed by atoms with Gasteiger partial charge in [-0.15, -0.1) is 0 Å². The number of carbonyl (C=O) groups is 1. The van der Waals surface area contributed by atoms with Gasteiger partial charge in [0.05, 0.1) is 0 Å². The highest BCUT2D eigenvalue weighted by Crippen LogP contribution is 2.60. The zero-order valence-corrected chi connectivity index (χ0v) is 18.2. The highest BCUT2D eigenvalue weighted by molar-refractivity contribution is 7.86. The molecule has 0 aliphatic heterocycles. The topological polar surface area (TPSA) is 83.5 Å². The van der Waals surface area contributed by atoms with Crippen LogP contribution in [-0.4, -0.2) is 36.5 Å². The first-order valence-corrected chi connectivity index (χ1v) is 11.7. The molecule has 0 heterocycles. The molecule has 0 radical (unpaired) electrons. The lowest BCUT2D eigenvalue weighted by atomic mass is 9.53. The van der Waals surface area contributed by atoms with Crippen LogP contribution in [0, 0.1) is 0 Å². The van der Waals surface area contributed by atoms with Crippen molar-refractivity contribution in [3.05, 3.63) is 106 Å². The number of alkyl halides is 5. The van der Waals surface area contributed by atoms with Gasteiger partial charge in [0.1, 0.15) is 15.5 Å². The molecule has 6 rings (SSSR count). The second-order valence-corrected chi connectivity index (χ2v) is 9.69. The summed E-state index contributed by atoms with van der Waals surface area (Å²) in [5.41, 5.74) is -4.79. The number of halogens is 5. The van der Waals surface area contributed by atoms with E-state index in [0.717, 1.165) is 0 Å². The smallest absolute Gasteiger partial charge is 0.464 e. The van der Waals surface area contributed by atoms with Gasteiger partial charge in [-0.25, -0.2) is 12.8 Å². The Morgan fingerprint density at radius 3 is 1.54 bits per heavy atom. The Bertz CT molecular complexity index is 1350. The standard InChI is InChI=1S/C24H15F5O5S/c25-20(35(31,32)33)23(26,24(27,28)29)34-21(30)22-16-10-4-1-7-13(16)19(14-8-2-5-11-17(14)22)15-9-3-6-12-18(15)22/h1-12,19-20H,(H,31,32,33)/p-1. The Hall–Kier alpha value is -3.31. The van der Waals surface area contributed by atoms with Crippen LogP contribution in [0.25, 0.3) is 0 Å². The van der Waals surface area contributed by atoms with E-state index >= 15 is 4.39 Å². The highest BCUT2D eigenvalue weighted by atomic mass is 32.2. The molecule has 0 spiro atoms. The molecule has 182 valence electrons.